The molecule has 0 saturated carbocycles. The number of hydrogen-bond donors (Lipinski definition) is 1. The summed E-state index contributed by atoms with van der Waals surface area (Å²) in [5.41, 5.74) is 0.913. The van der Waals surface area contributed by atoms with E-state index in [0.717, 1.165) is 30.7 Å². The van der Waals surface area contributed by atoms with Crippen LogP contribution in [0.4, 0.5) is 0 Å². The number of sulfonamides is 1. The third kappa shape index (κ3) is 4.01. The number of benzene rings is 1. The fourth-order valence-electron chi connectivity index (χ4n) is 3.57. The highest BCUT2D eigenvalue weighted by molar-refractivity contribution is 7.89. The SMILES string of the molecule is O=C(NCCc1nnc2ccccn12)c1ccccc1S(=O)(=O)N1CCCCC1. The average molecular weight is 414 g/mol. The van der Waals surface area contributed by atoms with E-state index < -0.39 is 15.9 Å². The third-order valence-corrected chi connectivity index (χ3v) is 7.04. The van der Waals surface area contributed by atoms with Gasteiger partial charge in [0.05, 0.1) is 10.5 Å². The second-order valence-electron chi connectivity index (χ2n) is 7.01. The molecule has 1 fully saturated rings. The lowest BCUT2D eigenvalue weighted by atomic mass is 10.2. The third-order valence-electron chi connectivity index (χ3n) is 5.08. The Morgan fingerprint density at radius 1 is 1.00 bits per heavy atom. The first-order chi connectivity index (χ1) is 14.1. The molecule has 1 aromatic carbocycles. The first-order valence-electron chi connectivity index (χ1n) is 9.73. The topological polar surface area (TPSA) is 96.7 Å². The maximum absolute atomic E-state index is 13.0. The van der Waals surface area contributed by atoms with Gasteiger partial charge in [0.15, 0.2) is 5.65 Å². The summed E-state index contributed by atoms with van der Waals surface area (Å²) in [5.74, 6) is 0.324. The number of fused-ring (bicyclic) bond motifs is 1. The number of pyridine rings is 1. The van der Waals surface area contributed by atoms with Crippen LogP contribution < -0.4 is 5.32 Å². The molecule has 0 aliphatic carbocycles. The first kappa shape index (κ1) is 19.5. The highest BCUT2D eigenvalue weighted by Crippen LogP contribution is 2.23. The average Bonchev–Trinajstić information content (AvgIpc) is 3.17. The molecule has 8 nitrogen and oxygen atoms in total. The predicted molar refractivity (Wildman–Crippen MR) is 108 cm³/mol. The molecule has 0 bridgehead atoms. The van der Waals surface area contributed by atoms with E-state index in [1.165, 1.54) is 10.4 Å². The molecule has 0 radical (unpaired) electrons. The van der Waals surface area contributed by atoms with Crippen LogP contribution in [0.5, 0.6) is 0 Å². The molecule has 2 aromatic heterocycles. The van der Waals surface area contributed by atoms with Crippen molar-refractivity contribution in [1.29, 1.82) is 0 Å². The second-order valence-corrected chi connectivity index (χ2v) is 8.92. The number of piperidine rings is 1. The molecule has 1 aliphatic heterocycles. The lowest BCUT2D eigenvalue weighted by Gasteiger charge is -2.26. The Kier molecular flexibility index (Phi) is 5.59. The molecule has 152 valence electrons. The maximum atomic E-state index is 13.0. The van der Waals surface area contributed by atoms with Gasteiger partial charge in [-0.3, -0.25) is 9.20 Å². The molecule has 1 N–H and O–H groups in total. The number of hydrogen-bond acceptors (Lipinski definition) is 5. The molecular weight excluding hydrogens is 390 g/mol. The Morgan fingerprint density at radius 2 is 1.76 bits per heavy atom. The van der Waals surface area contributed by atoms with Crippen LogP contribution >= 0.6 is 0 Å². The largest absolute Gasteiger partial charge is 0.352 e. The lowest BCUT2D eigenvalue weighted by Crippen LogP contribution is -2.37. The zero-order chi connectivity index (χ0) is 20.3. The van der Waals surface area contributed by atoms with E-state index in [1.807, 2.05) is 28.8 Å². The van der Waals surface area contributed by atoms with Crippen molar-refractivity contribution in [3.63, 3.8) is 0 Å². The Hall–Kier alpha value is -2.78. The van der Waals surface area contributed by atoms with E-state index in [0.29, 0.717) is 26.1 Å². The fraction of sp³-hybridized carbons (Fsp3) is 0.350. The zero-order valence-electron chi connectivity index (χ0n) is 16.0. The van der Waals surface area contributed by atoms with Crippen LogP contribution in [0.25, 0.3) is 5.65 Å². The number of carbonyl (C=O) groups excluding carboxylic acids is 1. The normalized spacial score (nSPS) is 15.4. The molecule has 9 heteroatoms. The molecule has 4 rings (SSSR count). The van der Waals surface area contributed by atoms with Crippen LogP contribution in [0.15, 0.2) is 53.6 Å². The highest BCUT2D eigenvalue weighted by atomic mass is 32.2. The summed E-state index contributed by atoms with van der Waals surface area (Å²) in [6.45, 7) is 1.32. The standard InChI is InChI=1S/C20H23N5O3S/c26-20(21-12-11-19-23-22-18-10-4-7-15-25(18)19)16-8-2-3-9-17(16)29(27,28)24-13-5-1-6-14-24/h2-4,7-10,15H,1,5-6,11-14H2,(H,21,26). The van der Waals surface area contributed by atoms with Crippen LogP contribution in [-0.2, 0) is 16.4 Å². The second kappa shape index (κ2) is 8.30. The summed E-state index contributed by atoms with van der Waals surface area (Å²) < 4.78 is 29.4. The minimum absolute atomic E-state index is 0.0623. The lowest BCUT2D eigenvalue weighted by molar-refractivity contribution is 0.0950. The van der Waals surface area contributed by atoms with Gasteiger partial charge in [0.1, 0.15) is 5.82 Å². The van der Waals surface area contributed by atoms with Gasteiger partial charge in [-0.25, -0.2) is 8.42 Å². The van der Waals surface area contributed by atoms with Crippen molar-refractivity contribution < 1.29 is 13.2 Å². The number of carbonyl (C=O) groups is 1. The summed E-state index contributed by atoms with van der Waals surface area (Å²) in [4.78, 5) is 12.8. The predicted octanol–water partition coefficient (Wildman–Crippen LogP) is 1.88. The number of rotatable bonds is 6. The Bertz CT molecular complexity index is 1120. The Morgan fingerprint density at radius 3 is 2.59 bits per heavy atom. The van der Waals surface area contributed by atoms with Crippen molar-refractivity contribution >= 4 is 21.6 Å². The van der Waals surface area contributed by atoms with Gasteiger partial charge in [-0.2, -0.15) is 4.31 Å². The molecule has 0 unspecified atom stereocenters. The van der Waals surface area contributed by atoms with Crippen molar-refractivity contribution in [2.45, 2.75) is 30.6 Å². The van der Waals surface area contributed by atoms with Gasteiger partial charge in [0.25, 0.3) is 5.91 Å². The van der Waals surface area contributed by atoms with Crippen molar-refractivity contribution in [2.75, 3.05) is 19.6 Å². The quantitative estimate of drug-likeness (QED) is 0.666. The van der Waals surface area contributed by atoms with Crippen LogP contribution in [0.1, 0.15) is 35.4 Å². The van der Waals surface area contributed by atoms with Crippen molar-refractivity contribution in [3.8, 4) is 0 Å². The summed E-state index contributed by atoms with van der Waals surface area (Å²) in [6, 6.07) is 12.0. The van der Waals surface area contributed by atoms with Gasteiger partial charge in [-0.1, -0.05) is 24.6 Å². The van der Waals surface area contributed by atoms with Crippen molar-refractivity contribution in [2.24, 2.45) is 0 Å². The molecular formula is C20H23N5O3S. The molecule has 3 aromatic rings. The summed E-state index contributed by atoms with van der Waals surface area (Å²) in [6.07, 6.45) is 5.08. The van der Waals surface area contributed by atoms with Gasteiger partial charge in [-0.05, 0) is 37.1 Å². The summed E-state index contributed by atoms with van der Waals surface area (Å²) in [5, 5.41) is 11.0. The van der Waals surface area contributed by atoms with Gasteiger partial charge in [0.2, 0.25) is 10.0 Å². The number of nitrogens with one attached hydrogen (secondary N) is 1. The molecule has 1 saturated heterocycles. The van der Waals surface area contributed by atoms with Crippen molar-refractivity contribution in [1.82, 2.24) is 24.2 Å². The zero-order valence-corrected chi connectivity index (χ0v) is 16.8. The number of nitrogens with zero attached hydrogens (tertiary/aromatic N) is 4. The van der Waals surface area contributed by atoms with E-state index in [4.69, 9.17) is 0 Å². The molecule has 3 heterocycles. The van der Waals surface area contributed by atoms with Gasteiger partial charge >= 0.3 is 0 Å². The molecule has 1 aliphatic rings. The highest BCUT2D eigenvalue weighted by Gasteiger charge is 2.29. The Labute approximate surface area is 169 Å². The number of amides is 1. The summed E-state index contributed by atoms with van der Waals surface area (Å²) in [7, 11) is -3.69. The monoisotopic (exact) mass is 413 g/mol. The maximum Gasteiger partial charge on any atom is 0.252 e. The van der Waals surface area contributed by atoms with Gasteiger partial charge in [0, 0.05) is 32.3 Å². The van der Waals surface area contributed by atoms with Crippen LogP contribution in [0.3, 0.4) is 0 Å². The van der Waals surface area contributed by atoms with E-state index >= 15 is 0 Å². The minimum atomic E-state index is -3.69. The Balaban J connectivity index is 1.48. The van der Waals surface area contributed by atoms with E-state index in [1.54, 1.807) is 18.2 Å². The smallest absolute Gasteiger partial charge is 0.252 e. The molecule has 0 atom stereocenters. The van der Waals surface area contributed by atoms with Crippen LogP contribution in [0, 0.1) is 0 Å². The van der Waals surface area contributed by atoms with Gasteiger partial charge in [-0.15, -0.1) is 10.2 Å². The molecule has 1 amide bonds. The summed E-state index contributed by atoms with van der Waals surface area (Å²) >= 11 is 0. The van der Waals surface area contributed by atoms with Crippen LogP contribution in [0.2, 0.25) is 0 Å². The molecule has 0 spiro atoms. The van der Waals surface area contributed by atoms with Gasteiger partial charge < -0.3 is 5.32 Å². The number of aromatic nitrogens is 3. The molecule has 29 heavy (non-hydrogen) atoms. The van der Waals surface area contributed by atoms with E-state index in [-0.39, 0.29) is 10.5 Å². The van der Waals surface area contributed by atoms with E-state index in [2.05, 4.69) is 15.5 Å². The van der Waals surface area contributed by atoms with Crippen molar-refractivity contribution in [3.05, 3.63) is 60.0 Å². The minimum Gasteiger partial charge on any atom is -0.352 e. The van der Waals surface area contributed by atoms with Crippen LogP contribution in [-0.4, -0.2) is 52.9 Å². The first-order valence-corrected chi connectivity index (χ1v) is 11.2. The fourth-order valence-corrected chi connectivity index (χ4v) is 5.27. The van der Waals surface area contributed by atoms with E-state index in [9.17, 15) is 13.2 Å².